The minimum absolute atomic E-state index is 0.120. The summed E-state index contributed by atoms with van der Waals surface area (Å²) in [5.41, 5.74) is 3.50. The fourth-order valence-corrected chi connectivity index (χ4v) is 3.06. The first kappa shape index (κ1) is 18.4. The number of amides is 1. The van der Waals surface area contributed by atoms with Crippen LogP contribution in [-0.4, -0.2) is 11.7 Å². The number of para-hydroxylation sites is 1. The molecule has 1 heterocycles. The highest BCUT2D eigenvalue weighted by Crippen LogP contribution is 2.32. The highest BCUT2D eigenvalue weighted by atomic mass is 16.3. The molecule has 0 unspecified atom stereocenters. The molecule has 0 aliphatic rings. The van der Waals surface area contributed by atoms with E-state index in [9.17, 15) is 9.59 Å². The van der Waals surface area contributed by atoms with Gasteiger partial charge in [-0.2, -0.15) is 0 Å². The minimum Gasteiger partial charge on any atom is -0.450 e. The second-order valence-electron chi connectivity index (χ2n) is 6.73. The van der Waals surface area contributed by atoms with E-state index < -0.39 is 0 Å². The van der Waals surface area contributed by atoms with Crippen molar-refractivity contribution in [1.82, 2.24) is 0 Å². The van der Waals surface area contributed by atoms with Gasteiger partial charge >= 0.3 is 0 Å². The van der Waals surface area contributed by atoms with Gasteiger partial charge in [0.05, 0.1) is 5.69 Å². The number of anilines is 1. The molecule has 1 N–H and O–H groups in total. The van der Waals surface area contributed by atoms with E-state index in [1.165, 1.54) is 6.08 Å². The van der Waals surface area contributed by atoms with Gasteiger partial charge < -0.3 is 9.73 Å². The highest BCUT2D eigenvalue weighted by Gasteiger charge is 2.22. The third-order valence-corrected chi connectivity index (χ3v) is 4.59. The quantitative estimate of drug-likeness (QED) is 0.360. The molecular formula is C25H19NO3. The van der Waals surface area contributed by atoms with Crippen LogP contribution in [-0.2, 0) is 4.79 Å². The number of carbonyl (C=O) groups is 2. The second-order valence-corrected chi connectivity index (χ2v) is 6.73. The fourth-order valence-electron chi connectivity index (χ4n) is 3.06. The topological polar surface area (TPSA) is 59.3 Å². The first-order chi connectivity index (χ1) is 14.1. The van der Waals surface area contributed by atoms with Gasteiger partial charge in [-0.3, -0.25) is 9.59 Å². The molecule has 0 saturated heterocycles. The zero-order valence-electron chi connectivity index (χ0n) is 15.9. The van der Waals surface area contributed by atoms with Gasteiger partial charge in [-0.1, -0.05) is 72.3 Å². The van der Waals surface area contributed by atoms with Gasteiger partial charge in [0.1, 0.15) is 5.58 Å². The summed E-state index contributed by atoms with van der Waals surface area (Å²) in [6, 6.07) is 24.0. The molecule has 0 bridgehead atoms. The lowest BCUT2D eigenvalue weighted by molar-refractivity contribution is -0.111. The van der Waals surface area contributed by atoms with Gasteiger partial charge in [0, 0.05) is 17.0 Å². The number of ketones is 1. The maximum atomic E-state index is 13.0. The summed E-state index contributed by atoms with van der Waals surface area (Å²) in [6.45, 7) is 2.01. The summed E-state index contributed by atoms with van der Waals surface area (Å²) >= 11 is 0. The molecule has 142 valence electrons. The van der Waals surface area contributed by atoms with E-state index in [0.29, 0.717) is 22.2 Å². The highest BCUT2D eigenvalue weighted by molar-refractivity contribution is 6.18. The number of rotatable bonds is 5. The Hall–Kier alpha value is -3.92. The monoisotopic (exact) mass is 381 g/mol. The SMILES string of the molecule is Cc1ccc(/C=C/C(=O)Nc2c(C(=O)c3ccccc3)oc3ccccc23)cc1. The molecule has 0 fully saturated rings. The van der Waals surface area contributed by atoms with Crippen molar-refractivity contribution in [3.8, 4) is 0 Å². The molecule has 0 aliphatic heterocycles. The molecule has 4 nitrogen and oxygen atoms in total. The van der Waals surface area contributed by atoms with Gasteiger partial charge in [0.2, 0.25) is 11.7 Å². The average Bonchev–Trinajstić information content (AvgIpc) is 3.12. The Morgan fingerprint density at radius 3 is 2.31 bits per heavy atom. The van der Waals surface area contributed by atoms with Gasteiger partial charge in [-0.15, -0.1) is 0 Å². The Bertz CT molecular complexity index is 1200. The first-order valence-electron chi connectivity index (χ1n) is 9.29. The molecule has 3 aromatic carbocycles. The number of furan rings is 1. The van der Waals surface area contributed by atoms with Crippen molar-refractivity contribution in [3.05, 3.63) is 107 Å². The summed E-state index contributed by atoms with van der Waals surface area (Å²) in [5, 5.41) is 3.51. The van der Waals surface area contributed by atoms with Crippen molar-refractivity contribution in [2.24, 2.45) is 0 Å². The molecule has 4 heteroatoms. The lowest BCUT2D eigenvalue weighted by Gasteiger charge is -2.04. The van der Waals surface area contributed by atoms with Crippen molar-refractivity contribution in [2.75, 3.05) is 5.32 Å². The molecule has 4 aromatic rings. The van der Waals surface area contributed by atoms with Crippen LogP contribution in [0.5, 0.6) is 0 Å². The molecule has 29 heavy (non-hydrogen) atoms. The number of benzene rings is 3. The third kappa shape index (κ3) is 4.01. The molecular weight excluding hydrogens is 362 g/mol. The van der Waals surface area contributed by atoms with Crippen LogP contribution in [0.15, 0.2) is 89.4 Å². The van der Waals surface area contributed by atoms with Gasteiger partial charge in [0.25, 0.3) is 0 Å². The molecule has 4 rings (SSSR count). The van der Waals surface area contributed by atoms with Crippen molar-refractivity contribution in [3.63, 3.8) is 0 Å². The van der Waals surface area contributed by atoms with E-state index in [4.69, 9.17) is 4.42 Å². The molecule has 0 atom stereocenters. The standard InChI is InChI=1S/C25H19NO3/c1-17-11-13-18(14-12-17)15-16-22(27)26-23-20-9-5-6-10-21(20)29-25(23)24(28)19-7-3-2-4-8-19/h2-16H,1H3,(H,26,27)/b16-15+. The van der Waals surface area contributed by atoms with Crippen LogP contribution in [0.1, 0.15) is 27.2 Å². The normalized spacial score (nSPS) is 11.1. The number of fused-ring (bicyclic) bond motifs is 1. The molecule has 0 saturated carbocycles. The van der Waals surface area contributed by atoms with Crippen molar-refractivity contribution < 1.29 is 14.0 Å². The van der Waals surface area contributed by atoms with Gasteiger partial charge in [0.15, 0.2) is 5.76 Å². The second kappa shape index (κ2) is 7.98. The van der Waals surface area contributed by atoms with E-state index in [2.05, 4.69) is 5.32 Å². The summed E-state index contributed by atoms with van der Waals surface area (Å²) in [6.07, 6.45) is 3.18. The number of carbonyl (C=O) groups excluding carboxylic acids is 2. The third-order valence-electron chi connectivity index (χ3n) is 4.59. The Morgan fingerprint density at radius 2 is 1.55 bits per heavy atom. The first-order valence-corrected chi connectivity index (χ1v) is 9.29. The Balaban J connectivity index is 1.66. The van der Waals surface area contributed by atoms with Crippen LogP contribution in [0.2, 0.25) is 0 Å². The largest absolute Gasteiger partial charge is 0.450 e. The van der Waals surface area contributed by atoms with Gasteiger partial charge in [-0.05, 0) is 30.7 Å². The van der Waals surface area contributed by atoms with Crippen molar-refractivity contribution >= 4 is 34.4 Å². The van der Waals surface area contributed by atoms with E-state index in [0.717, 1.165) is 11.1 Å². The molecule has 1 aromatic heterocycles. The minimum atomic E-state index is -0.334. The Labute approximate surface area is 168 Å². The van der Waals surface area contributed by atoms with Gasteiger partial charge in [-0.25, -0.2) is 0 Å². The van der Waals surface area contributed by atoms with Crippen LogP contribution >= 0.6 is 0 Å². The Morgan fingerprint density at radius 1 is 0.862 bits per heavy atom. The Kier molecular flexibility index (Phi) is 5.08. The van der Waals surface area contributed by atoms with Crippen LogP contribution < -0.4 is 5.32 Å². The van der Waals surface area contributed by atoms with Crippen molar-refractivity contribution in [2.45, 2.75) is 6.92 Å². The van der Waals surface area contributed by atoms with Crippen LogP contribution in [0.3, 0.4) is 0 Å². The van der Waals surface area contributed by atoms with E-state index >= 15 is 0 Å². The molecule has 0 radical (unpaired) electrons. The van der Waals surface area contributed by atoms with E-state index in [-0.39, 0.29) is 17.5 Å². The number of hydrogen-bond donors (Lipinski definition) is 1. The van der Waals surface area contributed by atoms with Crippen LogP contribution in [0.4, 0.5) is 5.69 Å². The van der Waals surface area contributed by atoms with Crippen molar-refractivity contribution in [1.29, 1.82) is 0 Å². The van der Waals surface area contributed by atoms with E-state index in [1.54, 1.807) is 36.4 Å². The number of nitrogens with one attached hydrogen (secondary N) is 1. The summed E-state index contributed by atoms with van der Waals surface area (Å²) in [5.74, 6) is -0.492. The summed E-state index contributed by atoms with van der Waals surface area (Å²) in [7, 11) is 0. The smallest absolute Gasteiger partial charge is 0.248 e. The van der Waals surface area contributed by atoms with Crippen LogP contribution in [0.25, 0.3) is 17.0 Å². The molecule has 1 amide bonds. The van der Waals surface area contributed by atoms with E-state index in [1.807, 2.05) is 55.5 Å². The van der Waals surface area contributed by atoms with Crippen LogP contribution in [0, 0.1) is 6.92 Å². The zero-order valence-corrected chi connectivity index (χ0v) is 15.9. The molecule has 0 aliphatic carbocycles. The zero-order chi connectivity index (χ0) is 20.2. The lowest BCUT2D eigenvalue weighted by atomic mass is 10.1. The maximum absolute atomic E-state index is 13.0. The lowest BCUT2D eigenvalue weighted by Crippen LogP contribution is -2.11. The predicted octanol–water partition coefficient (Wildman–Crippen LogP) is 5.62. The maximum Gasteiger partial charge on any atom is 0.248 e. The number of hydrogen-bond acceptors (Lipinski definition) is 3. The summed E-state index contributed by atoms with van der Waals surface area (Å²) in [4.78, 5) is 25.5. The predicted molar refractivity (Wildman–Crippen MR) is 115 cm³/mol. The average molecular weight is 381 g/mol. The number of aryl methyl sites for hydroxylation is 1. The summed E-state index contributed by atoms with van der Waals surface area (Å²) < 4.78 is 5.80. The molecule has 0 spiro atoms. The fraction of sp³-hybridized carbons (Fsp3) is 0.0400.